The van der Waals surface area contributed by atoms with E-state index in [1.165, 1.54) is 10.7 Å². The molecule has 31 heavy (non-hydrogen) atoms. The molecule has 0 bridgehead atoms. The zero-order valence-electron chi connectivity index (χ0n) is 17.6. The van der Waals surface area contributed by atoms with E-state index in [0.717, 1.165) is 22.6 Å². The number of nitrogens with one attached hydrogen (secondary N) is 1. The Labute approximate surface area is 178 Å². The topological polar surface area (TPSA) is 99.6 Å². The van der Waals surface area contributed by atoms with E-state index >= 15 is 0 Å². The van der Waals surface area contributed by atoms with Crippen molar-refractivity contribution in [1.29, 1.82) is 0 Å². The Balaban J connectivity index is 1.45. The zero-order chi connectivity index (χ0) is 22.0. The second-order valence-corrected chi connectivity index (χ2v) is 7.25. The predicted octanol–water partition coefficient (Wildman–Crippen LogP) is 1.88. The molecule has 0 aliphatic heterocycles. The minimum atomic E-state index is -0.264. The second-order valence-electron chi connectivity index (χ2n) is 7.25. The molecule has 0 radical (unpaired) electrons. The van der Waals surface area contributed by atoms with Gasteiger partial charge < -0.3 is 5.32 Å². The van der Waals surface area contributed by atoms with E-state index in [4.69, 9.17) is 0 Å². The first-order valence-electron chi connectivity index (χ1n) is 9.92. The number of carbonyl (C=O) groups excluding carboxylic acids is 1. The van der Waals surface area contributed by atoms with Gasteiger partial charge in [-0.25, -0.2) is 9.36 Å². The van der Waals surface area contributed by atoms with Gasteiger partial charge in [-0.2, -0.15) is 10.2 Å². The van der Waals surface area contributed by atoms with Gasteiger partial charge >= 0.3 is 0 Å². The maximum Gasteiger partial charge on any atom is 0.269 e. The van der Waals surface area contributed by atoms with Crippen LogP contribution in [0.4, 0.5) is 0 Å². The number of benzene rings is 1. The second kappa shape index (κ2) is 8.39. The summed E-state index contributed by atoms with van der Waals surface area (Å²) in [4.78, 5) is 24.8. The Morgan fingerprint density at radius 2 is 1.77 bits per heavy atom. The summed E-state index contributed by atoms with van der Waals surface area (Å²) in [5.41, 5.74) is 3.66. The molecule has 3 aromatic heterocycles. The summed E-state index contributed by atoms with van der Waals surface area (Å²) in [5, 5.41) is 16.0. The highest BCUT2D eigenvalue weighted by molar-refractivity contribution is 5.93. The Hall–Kier alpha value is -4.01. The van der Waals surface area contributed by atoms with Gasteiger partial charge in [0.1, 0.15) is 5.69 Å². The largest absolute Gasteiger partial charge is 0.349 e. The lowest BCUT2D eigenvalue weighted by Gasteiger charge is -2.09. The number of rotatable bonds is 6. The average molecular weight is 417 g/mol. The summed E-state index contributed by atoms with van der Waals surface area (Å²) in [6, 6.07) is 16.4. The molecule has 1 N–H and O–H groups in total. The van der Waals surface area contributed by atoms with Crippen LogP contribution in [-0.2, 0) is 13.6 Å². The molecule has 1 aromatic carbocycles. The molecular weight excluding hydrogens is 394 g/mol. The van der Waals surface area contributed by atoms with E-state index in [-0.39, 0.29) is 24.6 Å². The molecule has 0 atom stereocenters. The SMILES string of the molecule is Cc1cc(C)n(-c2ccc(=O)n(CCNC(=O)c3cc(-c4ccccc4)nn3C)n2)n1. The predicted molar refractivity (Wildman–Crippen MR) is 116 cm³/mol. The van der Waals surface area contributed by atoms with Crippen molar-refractivity contribution in [2.45, 2.75) is 20.4 Å². The van der Waals surface area contributed by atoms with Crippen molar-refractivity contribution in [3.8, 4) is 17.1 Å². The highest BCUT2D eigenvalue weighted by Gasteiger charge is 2.14. The van der Waals surface area contributed by atoms with Gasteiger partial charge in [-0.15, -0.1) is 5.10 Å². The van der Waals surface area contributed by atoms with E-state index in [1.807, 2.05) is 50.2 Å². The van der Waals surface area contributed by atoms with Crippen LogP contribution in [0.25, 0.3) is 17.1 Å². The first kappa shape index (κ1) is 20.3. The number of hydrogen-bond acceptors (Lipinski definition) is 5. The summed E-state index contributed by atoms with van der Waals surface area (Å²) in [5.74, 6) is 0.288. The molecule has 0 unspecified atom stereocenters. The standard InChI is InChI=1S/C22H23N7O2/c1-15-13-16(2)29(24-15)20-9-10-21(30)28(26-20)12-11-23-22(31)19-14-18(25-27(19)3)17-7-5-4-6-8-17/h4-10,13-14H,11-12H2,1-3H3,(H,23,31). The van der Waals surface area contributed by atoms with Crippen LogP contribution in [0.15, 0.2) is 59.4 Å². The number of carbonyl (C=O) groups is 1. The Bertz CT molecular complexity index is 1280. The Morgan fingerprint density at radius 3 is 2.48 bits per heavy atom. The van der Waals surface area contributed by atoms with Crippen molar-refractivity contribution in [3.63, 3.8) is 0 Å². The van der Waals surface area contributed by atoms with Crippen molar-refractivity contribution in [2.24, 2.45) is 7.05 Å². The number of aromatic nitrogens is 6. The first-order chi connectivity index (χ1) is 14.9. The molecular formula is C22H23N7O2. The first-order valence-corrected chi connectivity index (χ1v) is 9.92. The van der Waals surface area contributed by atoms with Gasteiger partial charge in [0.25, 0.3) is 11.5 Å². The average Bonchev–Trinajstić information content (AvgIpc) is 3.31. The Kier molecular flexibility index (Phi) is 5.48. The monoisotopic (exact) mass is 417 g/mol. The fourth-order valence-corrected chi connectivity index (χ4v) is 3.37. The van der Waals surface area contributed by atoms with Crippen LogP contribution < -0.4 is 10.9 Å². The molecule has 0 spiro atoms. The van der Waals surface area contributed by atoms with Crippen molar-refractivity contribution < 1.29 is 4.79 Å². The van der Waals surface area contributed by atoms with E-state index in [0.29, 0.717) is 11.5 Å². The molecule has 9 nitrogen and oxygen atoms in total. The normalized spacial score (nSPS) is 10.9. The molecule has 0 aliphatic rings. The lowest BCUT2D eigenvalue weighted by molar-refractivity contribution is 0.0942. The van der Waals surface area contributed by atoms with E-state index in [9.17, 15) is 9.59 Å². The molecule has 4 rings (SSSR count). The highest BCUT2D eigenvalue weighted by Crippen LogP contribution is 2.18. The zero-order valence-corrected chi connectivity index (χ0v) is 17.6. The van der Waals surface area contributed by atoms with Crippen LogP contribution in [0.5, 0.6) is 0 Å². The van der Waals surface area contributed by atoms with Gasteiger partial charge in [-0.3, -0.25) is 14.3 Å². The Morgan fingerprint density at radius 1 is 1.00 bits per heavy atom. The third kappa shape index (κ3) is 4.30. The lowest BCUT2D eigenvalue weighted by Crippen LogP contribution is -2.33. The van der Waals surface area contributed by atoms with Gasteiger partial charge in [0.15, 0.2) is 5.82 Å². The minimum absolute atomic E-state index is 0.237. The molecule has 0 saturated heterocycles. The number of nitrogens with zero attached hydrogens (tertiary/aromatic N) is 6. The molecule has 0 aliphatic carbocycles. The molecule has 158 valence electrons. The van der Waals surface area contributed by atoms with Gasteiger partial charge in [-0.05, 0) is 32.0 Å². The summed E-state index contributed by atoms with van der Waals surface area (Å²) < 4.78 is 4.56. The summed E-state index contributed by atoms with van der Waals surface area (Å²) in [6.45, 7) is 4.31. The van der Waals surface area contributed by atoms with Crippen LogP contribution in [-0.4, -0.2) is 41.8 Å². The van der Waals surface area contributed by atoms with Crippen LogP contribution >= 0.6 is 0 Å². The van der Waals surface area contributed by atoms with Crippen LogP contribution in [0.1, 0.15) is 21.9 Å². The molecule has 4 aromatic rings. The summed E-state index contributed by atoms with van der Waals surface area (Å²) in [6.07, 6.45) is 0. The van der Waals surface area contributed by atoms with Gasteiger partial charge in [-0.1, -0.05) is 30.3 Å². The van der Waals surface area contributed by atoms with E-state index in [2.05, 4.69) is 20.6 Å². The van der Waals surface area contributed by atoms with Crippen LogP contribution in [0, 0.1) is 13.8 Å². The smallest absolute Gasteiger partial charge is 0.269 e. The van der Waals surface area contributed by atoms with Crippen LogP contribution in [0.2, 0.25) is 0 Å². The fraction of sp³-hybridized carbons (Fsp3) is 0.227. The fourth-order valence-electron chi connectivity index (χ4n) is 3.37. The number of aryl methyl sites for hydroxylation is 3. The van der Waals surface area contributed by atoms with Crippen molar-refractivity contribution in [2.75, 3.05) is 6.54 Å². The van der Waals surface area contributed by atoms with Crippen molar-refractivity contribution in [1.82, 2.24) is 34.7 Å². The third-order valence-electron chi connectivity index (χ3n) is 4.87. The number of hydrogen-bond donors (Lipinski definition) is 1. The molecule has 0 fully saturated rings. The third-order valence-corrected chi connectivity index (χ3v) is 4.87. The minimum Gasteiger partial charge on any atom is -0.349 e. The quantitative estimate of drug-likeness (QED) is 0.516. The molecule has 9 heteroatoms. The van der Waals surface area contributed by atoms with Crippen molar-refractivity contribution >= 4 is 5.91 Å². The lowest BCUT2D eigenvalue weighted by atomic mass is 10.1. The molecule has 0 saturated carbocycles. The highest BCUT2D eigenvalue weighted by atomic mass is 16.2. The maximum atomic E-state index is 12.6. The number of amides is 1. The van der Waals surface area contributed by atoms with Gasteiger partial charge in [0, 0.05) is 30.9 Å². The van der Waals surface area contributed by atoms with Crippen molar-refractivity contribution in [3.05, 3.63) is 82.0 Å². The van der Waals surface area contributed by atoms with Gasteiger partial charge in [0.05, 0.1) is 17.9 Å². The summed E-state index contributed by atoms with van der Waals surface area (Å²) >= 11 is 0. The van der Waals surface area contributed by atoms with E-state index in [1.54, 1.807) is 28.5 Å². The van der Waals surface area contributed by atoms with Gasteiger partial charge in [0.2, 0.25) is 0 Å². The summed E-state index contributed by atoms with van der Waals surface area (Å²) in [7, 11) is 1.73. The maximum absolute atomic E-state index is 12.6. The van der Waals surface area contributed by atoms with E-state index < -0.39 is 0 Å². The van der Waals surface area contributed by atoms with Crippen LogP contribution in [0.3, 0.4) is 0 Å². The molecule has 3 heterocycles. The molecule has 1 amide bonds.